The number of nitrogens with one attached hydrogen (secondary N) is 1. The summed E-state index contributed by atoms with van der Waals surface area (Å²) < 4.78 is 14.0. The summed E-state index contributed by atoms with van der Waals surface area (Å²) in [4.78, 5) is 27.1. The van der Waals surface area contributed by atoms with Crippen LogP contribution in [0.3, 0.4) is 0 Å². The third kappa shape index (κ3) is 3.08. The molecule has 1 heterocycles. The van der Waals surface area contributed by atoms with E-state index in [4.69, 9.17) is 0 Å². The molecule has 0 amide bonds. The lowest BCUT2D eigenvalue weighted by Gasteiger charge is -2.12. The number of rotatable bonds is 5. The molecule has 2 unspecified atom stereocenters. The summed E-state index contributed by atoms with van der Waals surface area (Å²) in [6, 6.07) is 11.5. The molecule has 0 aliphatic carbocycles. The van der Waals surface area contributed by atoms with Crippen molar-refractivity contribution in [3.8, 4) is 0 Å². The van der Waals surface area contributed by atoms with Crippen LogP contribution in [0.5, 0.6) is 0 Å². The van der Waals surface area contributed by atoms with Crippen LogP contribution in [-0.4, -0.2) is 21.8 Å². The smallest absolute Gasteiger partial charge is 0.311 e. The van der Waals surface area contributed by atoms with Crippen LogP contribution in [0.1, 0.15) is 28.3 Å². The number of aromatic amines is 1. The lowest BCUT2D eigenvalue weighted by molar-refractivity contribution is -0.138. The number of aliphatic carboxylic acids is 1. The highest BCUT2D eigenvalue weighted by Gasteiger charge is 2.27. The number of para-hydroxylation sites is 1. The molecule has 4 nitrogen and oxygen atoms in total. The molecule has 0 fully saturated rings. The van der Waals surface area contributed by atoms with Crippen molar-refractivity contribution in [3.05, 3.63) is 65.6 Å². The van der Waals surface area contributed by atoms with E-state index in [1.165, 1.54) is 12.1 Å². The average molecular weight is 343 g/mol. The van der Waals surface area contributed by atoms with E-state index < -0.39 is 23.5 Å². The van der Waals surface area contributed by atoms with Gasteiger partial charge in [-0.1, -0.05) is 24.3 Å². The van der Waals surface area contributed by atoms with Crippen molar-refractivity contribution in [2.75, 3.05) is 0 Å². The Morgan fingerprint density at radius 1 is 1.21 bits per heavy atom. The molecule has 3 rings (SSSR count). The van der Waals surface area contributed by atoms with Crippen molar-refractivity contribution in [2.24, 2.45) is 0 Å². The fourth-order valence-electron chi connectivity index (χ4n) is 2.77. The van der Waals surface area contributed by atoms with Gasteiger partial charge in [-0.25, -0.2) is 4.39 Å². The standard InChI is InChI=1S/C18H15FNO3P/c19-15-7-10(24)5-6-12(15)17(21)8-13(18(22)23)14-9-20-16-4-2-1-3-11(14)16/h1-7,9,13,20H,8,24H2,(H,22,23). The zero-order valence-electron chi connectivity index (χ0n) is 12.6. The van der Waals surface area contributed by atoms with Gasteiger partial charge in [0.15, 0.2) is 5.78 Å². The number of carboxylic acid groups (broad SMARTS) is 1. The van der Waals surface area contributed by atoms with E-state index in [2.05, 4.69) is 14.2 Å². The maximum Gasteiger partial charge on any atom is 0.311 e. The minimum atomic E-state index is -1.11. The first-order chi connectivity index (χ1) is 11.5. The number of carbonyl (C=O) groups is 2. The SMILES string of the molecule is O=C(CC(C(=O)O)c1c[nH]c2ccccc12)c1ccc(P)cc1F. The number of fused-ring (bicyclic) bond motifs is 1. The zero-order valence-corrected chi connectivity index (χ0v) is 13.8. The summed E-state index contributed by atoms with van der Waals surface area (Å²) in [7, 11) is 2.35. The number of carboxylic acids is 1. The minimum absolute atomic E-state index is 0.0905. The van der Waals surface area contributed by atoms with E-state index in [1.54, 1.807) is 24.4 Å². The van der Waals surface area contributed by atoms with Gasteiger partial charge in [0, 0.05) is 23.5 Å². The Hall–Kier alpha value is -2.52. The molecule has 6 heteroatoms. The zero-order chi connectivity index (χ0) is 17.3. The molecular weight excluding hydrogens is 328 g/mol. The van der Waals surface area contributed by atoms with Crippen molar-refractivity contribution >= 4 is 37.2 Å². The molecule has 2 N–H and O–H groups in total. The second kappa shape index (κ2) is 6.54. The molecule has 0 spiro atoms. The summed E-state index contributed by atoms with van der Waals surface area (Å²) in [6.07, 6.45) is 1.29. The van der Waals surface area contributed by atoms with Gasteiger partial charge in [0.2, 0.25) is 0 Å². The van der Waals surface area contributed by atoms with Gasteiger partial charge in [-0.15, -0.1) is 9.24 Å². The molecule has 122 valence electrons. The molecule has 0 bridgehead atoms. The first-order valence-electron chi connectivity index (χ1n) is 7.34. The lowest BCUT2D eigenvalue weighted by atomic mass is 9.91. The van der Waals surface area contributed by atoms with Gasteiger partial charge in [0.1, 0.15) is 5.82 Å². The maximum absolute atomic E-state index is 14.0. The van der Waals surface area contributed by atoms with E-state index in [0.717, 1.165) is 10.9 Å². The Bertz CT molecular complexity index is 935. The van der Waals surface area contributed by atoms with Gasteiger partial charge >= 0.3 is 5.97 Å². The van der Waals surface area contributed by atoms with E-state index in [1.807, 2.05) is 12.1 Å². The van der Waals surface area contributed by atoms with E-state index in [0.29, 0.717) is 10.9 Å². The van der Waals surface area contributed by atoms with E-state index in [-0.39, 0.29) is 12.0 Å². The Balaban J connectivity index is 1.95. The molecule has 0 aliphatic rings. The summed E-state index contributed by atoms with van der Waals surface area (Å²) in [5, 5.41) is 10.9. The molecular formula is C18H15FNO3P. The largest absolute Gasteiger partial charge is 0.481 e. The summed E-state index contributed by atoms with van der Waals surface area (Å²) >= 11 is 0. The predicted octanol–water partition coefficient (Wildman–Crippen LogP) is 3.25. The van der Waals surface area contributed by atoms with E-state index in [9.17, 15) is 19.1 Å². The average Bonchev–Trinajstić information content (AvgIpc) is 2.96. The number of aromatic nitrogens is 1. The molecule has 0 saturated heterocycles. The Labute approximate surface area is 139 Å². The Kier molecular flexibility index (Phi) is 4.45. The van der Waals surface area contributed by atoms with Crippen molar-refractivity contribution in [3.63, 3.8) is 0 Å². The number of ketones is 1. The Morgan fingerprint density at radius 2 is 1.96 bits per heavy atom. The van der Waals surface area contributed by atoms with Crippen LogP contribution in [0.25, 0.3) is 10.9 Å². The summed E-state index contributed by atoms with van der Waals surface area (Å²) in [5.41, 5.74) is 1.23. The van der Waals surface area contributed by atoms with Crippen LogP contribution in [0.2, 0.25) is 0 Å². The first kappa shape index (κ1) is 16.3. The van der Waals surface area contributed by atoms with Crippen LogP contribution in [0.15, 0.2) is 48.7 Å². The lowest BCUT2D eigenvalue weighted by Crippen LogP contribution is -2.17. The van der Waals surface area contributed by atoms with E-state index >= 15 is 0 Å². The van der Waals surface area contributed by atoms with Crippen molar-refractivity contribution in [2.45, 2.75) is 12.3 Å². The van der Waals surface area contributed by atoms with Crippen LogP contribution >= 0.6 is 9.24 Å². The van der Waals surface area contributed by atoms with Gasteiger partial charge in [-0.05, 0) is 29.1 Å². The number of hydrogen-bond donors (Lipinski definition) is 2. The molecule has 0 saturated carbocycles. The summed E-state index contributed by atoms with van der Waals surface area (Å²) in [5.74, 6) is -3.33. The molecule has 1 aromatic heterocycles. The molecule has 0 aliphatic heterocycles. The van der Waals surface area contributed by atoms with Crippen molar-refractivity contribution in [1.29, 1.82) is 0 Å². The Morgan fingerprint density at radius 3 is 2.67 bits per heavy atom. The number of carbonyl (C=O) groups excluding carboxylic acids is 1. The highest BCUT2D eigenvalue weighted by Crippen LogP contribution is 2.29. The molecule has 0 radical (unpaired) electrons. The number of benzene rings is 2. The quantitative estimate of drug-likeness (QED) is 0.552. The fraction of sp³-hybridized carbons (Fsp3) is 0.111. The maximum atomic E-state index is 14.0. The number of H-pyrrole nitrogens is 1. The van der Waals surface area contributed by atoms with Gasteiger partial charge in [0.25, 0.3) is 0 Å². The van der Waals surface area contributed by atoms with Gasteiger partial charge in [0.05, 0.1) is 11.5 Å². The predicted molar refractivity (Wildman–Crippen MR) is 93.4 cm³/mol. The van der Waals surface area contributed by atoms with Gasteiger partial charge in [-0.3, -0.25) is 9.59 Å². The third-order valence-electron chi connectivity index (χ3n) is 3.98. The fourth-order valence-corrected chi connectivity index (χ4v) is 3.01. The number of halogens is 1. The molecule has 2 aromatic carbocycles. The van der Waals surface area contributed by atoms with Crippen molar-refractivity contribution in [1.82, 2.24) is 4.98 Å². The number of Topliss-reactive ketones (excluding diaryl/α,β-unsaturated/α-hetero) is 1. The highest BCUT2D eigenvalue weighted by atomic mass is 31.0. The minimum Gasteiger partial charge on any atom is -0.481 e. The van der Waals surface area contributed by atoms with Crippen LogP contribution in [-0.2, 0) is 4.79 Å². The number of hydrogen-bond acceptors (Lipinski definition) is 2. The van der Waals surface area contributed by atoms with Gasteiger partial charge < -0.3 is 10.1 Å². The monoisotopic (exact) mass is 343 g/mol. The van der Waals surface area contributed by atoms with Gasteiger partial charge in [-0.2, -0.15) is 0 Å². The molecule has 3 aromatic rings. The summed E-state index contributed by atoms with van der Waals surface area (Å²) in [6.45, 7) is 0. The van der Waals surface area contributed by atoms with Crippen molar-refractivity contribution < 1.29 is 19.1 Å². The second-order valence-corrected chi connectivity index (χ2v) is 6.21. The van der Waals surface area contributed by atoms with Crippen LogP contribution in [0.4, 0.5) is 4.39 Å². The normalized spacial score (nSPS) is 12.2. The highest BCUT2D eigenvalue weighted by molar-refractivity contribution is 7.27. The topological polar surface area (TPSA) is 70.2 Å². The van der Waals surface area contributed by atoms with Crippen LogP contribution < -0.4 is 5.30 Å². The first-order valence-corrected chi connectivity index (χ1v) is 7.92. The molecule has 24 heavy (non-hydrogen) atoms. The second-order valence-electron chi connectivity index (χ2n) is 5.55. The van der Waals surface area contributed by atoms with Crippen LogP contribution in [0, 0.1) is 5.82 Å². The third-order valence-corrected chi connectivity index (χ3v) is 4.34. The molecule has 2 atom stereocenters.